The molecule has 32 heavy (non-hydrogen) atoms. The molecule has 2 N–H and O–H groups in total. The Morgan fingerprint density at radius 2 is 1.66 bits per heavy atom. The lowest BCUT2D eigenvalue weighted by Crippen LogP contribution is -2.42. The summed E-state index contributed by atoms with van der Waals surface area (Å²) >= 11 is 0. The number of carbonyl (C=O) groups excluding carboxylic acids is 1. The first kappa shape index (κ1) is 24.3. The molecule has 1 saturated carbocycles. The van der Waals surface area contributed by atoms with E-state index in [1.54, 1.807) is 19.1 Å². The Bertz CT molecular complexity index is 1050. The number of alkyl halides is 3. The van der Waals surface area contributed by atoms with Gasteiger partial charge in [0.05, 0.1) is 10.6 Å². The van der Waals surface area contributed by atoms with Gasteiger partial charge in [-0.3, -0.25) is 4.79 Å². The quantitative estimate of drug-likeness (QED) is 0.572. The van der Waals surface area contributed by atoms with Gasteiger partial charge in [-0.25, -0.2) is 8.42 Å². The lowest BCUT2D eigenvalue weighted by molar-refractivity contribution is -0.269. The highest BCUT2D eigenvalue weighted by molar-refractivity contribution is 7.91. The van der Waals surface area contributed by atoms with Crippen LogP contribution in [0.25, 0.3) is 0 Å². The Kier molecular flexibility index (Phi) is 7.00. The second-order valence-corrected chi connectivity index (χ2v) is 10.3. The van der Waals surface area contributed by atoms with Gasteiger partial charge in [0, 0.05) is 12.1 Å². The van der Waals surface area contributed by atoms with Crippen molar-refractivity contribution in [1.29, 1.82) is 0 Å². The summed E-state index contributed by atoms with van der Waals surface area (Å²) in [5, 5.41) is 12.8. The fraction of sp³-hybridized carbons (Fsp3) is 0.435. The van der Waals surface area contributed by atoms with Crippen molar-refractivity contribution in [2.75, 3.05) is 5.75 Å². The minimum Gasteiger partial charge on any atom is -0.376 e. The van der Waals surface area contributed by atoms with E-state index in [0.29, 0.717) is 5.56 Å². The molecular weight excluding hydrogens is 443 g/mol. The highest BCUT2D eigenvalue weighted by Gasteiger charge is 2.54. The Balaban J connectivity index is 1.62. The molecule has 174 valence electrons. The van der Waals surface area contributed by atoms with Gasteiger partial charge in [0.25, 0.3) is 5.91 Å². The standard InChI is InChI=1S/C23H26F3NO4S/c1-2-13-22(29,23(24,25)26)19-9-7-18(8-10-19)21(28)27-14-16-5-11-20(12-6-16)32(30,31)15-17-3-4-17/h5-12,17,29H,2-4,13-15H2,1H3,(H,27,28). The molecule has 2 aromatic carbocycles. The van der Waals surface area contributed by atoms with Gasteiger partial charge >= 0.3 is 6.18 Å². The number of aliphatic hydroxyl groups is 1. The van der Waals surface area contributed by atoms with Crippen LogP contribution >= 0.6 is 0 Å². The first-order valence-electron chi connectivity index (χ1n) is 10.5. The lowest BCUT2D eigenvalue weighted by atomic mass is 9.88. The monoisotopic (exact) mass is 469 g/mol. The normalized spacial score (nSPS) is 16.4. The van der Waals surface area contributed by atoms with Crippen LogP contribution in [-0.2, 0) is 22.0 Å². The summed E-state index contributed by atoms with van der Waals surface area (Å²) in [5.74, 6) is -0.0895. The van der Waals surface area contributed by atoms with E-state index in [2.05, 4.69) is 5.32 Å². The van der Waals surface area contributed by atoms with Crippen molar-refractivity contribution in [3.05, 3.63) is 65.2 Å². The first-order valence-corrected chi connectivity index (χ1v) is 12.1. The molecule has 0 aromatic heterocycles. The van der Waals surface area contributed by atoms with Gasteiger partial charge in [0.1, 0.15) is 0 Å². The van der Waals surface area contributed by atoms with Crippen LogP contribution in [0.2, 0.25) is 0 Å². The number of halogens is 3. The smallest absolute Gasteiger partial charge is 0.376 e. The molecule has 0 bridgehead atoms. The maximum Gasteiger partial charge on any atom is 0.421 e. The minimum atomic E-state index is -4.83. The van der Waals surface area contributed by atoms with Crippen molar-refractivity contribution in [1.82, 2.24) is 5.32 Å². The molecule has 9 heteroatoms. The zero-order valence-corrected chi connectivity index (χ0v) is 18.5. The number of amides is 1. The Morgan fingerprint density at radius 1 is 1.06 bits per heavy atom. The molecule has 1 amide bonds. The number of benzene rings is 2. The van der Waals surface area contributed by atoms with E-state index in [-0.39, 0.29) is 40.7 Å². The van der Waals surface area contributed by atoms with Crippen LogP contribution in [0, 0.1) is 5.92 Å². The zero-order valence-electron chi connectivity index (χ0n) is 17.7. The van der Waals surface area contributed by atoms with E-state index in [9.17, 15) is 31.5 Å². The highest BCUT2D eigenvalue weighted by atomic mass is 32.2. The number of nitrogens with one attached hydrogen (secondary N) is 1. The van der Waals surface area contributed by atoms with E-state index in [0.717, 1.165) is 25.0 Å². The van der Waals surface area contributed by atoms with Gasteiger partial charge in [-0.05, 0) is 60.6 Å². The van der Waals surface area contributed by atoms with Crippen molar-refractivity contribution in [3.63, 3.8) is 0 Å². The van der Waals surface area contributed by atoms with Gasteiger partial charge in [0.2, 0.25) is 0 Å². The summed E-state index contributed by atoms with van der Waals surface area (Å²) in [7, 11) is -3.31. The predicted octanol–water partition coefficient (Wildman–Crippen LogP) is 4.35. The van der Waals surface area contributed by atoms with Crippen LogP contribution in [0.4, 0.5) is 13.2 Å². The Labute approximate surface area is 185 Å². The molecule has 5 nitrogen and oxygen atoms in total. The third-order valence-corrected chi connectivity index (χ3v) is 7.49. The molecule has 2 aromatic rings. The molecule has 3 rings (SSSR count). The molecule has 0 aliphatic heterocycles. The van der Waals surface area contributed by atoms with Crippen molar-refractivity contribution >= 4 is 15.7 Å². The van der Waals surface area contributed by atoms with Crippen LogP contribution in [0.1, 0.15) is 54.1 Å². The van der Waals surface area contributed by atoms with Crippen molar-refractivity contribution < 1.29 is 31.5 Å². The van der Waals surface area contributed by atoms with Crippen LogP contribution in [-0.4, -0.2) is 31.4 Å². The predicted molar refractivity (Wildman–Crippen MR) is 114 cm³/mol. The summed E-state index contributed by atoms with van der Waals surface area (Å²) in [6.07, 6.45) is -3.28. The van der Waals surface area contributed by atoms with Gasteiger partial charge < -0.3 is 10.4 Å². The van der Waals surface area contributed by atoms with Crippen LogP contribution in [0.5, 0.6) is 0 Å². The van der Waals surface area contributed by atoms with Crippen molar-refractivity contribution in [2.24, 2.45) is 5.92 Å². The summed E-state index contributed by atoms with van der Waals surface area (Å²) in [6.45, 7) is 1.68. The second kappa shape index (κ2) is 9.23. The van der Waals surface area contributed by atoms with E-state index in [1.165, 1.54) is 24.3 Å². The fourth-order valence-corrected chi connectivity index (χ4v) is 5.20. The van der Waals surface area contributed by atoms with Gasteiger partial charge in [-0.15, -0.1) is 0 Å². The highest BCUT2D eigenvalue weighted by Crippen LogP contribution is 2.42. The third kappa shape index (κ3) is 5.50. The van der Waals surface area contributed by atoms with Gasteiger partial charge in [-0.2, -0.15) is 13.2 Å². The van der Waals surface area contributed by atoms with E-state index in [4.69, 9.17) is 0 Å². The molecule has 0 radical (unpaired) electrons. The largest absolute Gasteiger partial charge is 0.421 e. The maximum absolute atomic E-state index is 13.3. The maximum atomic E-state index is 13.3. The van der Waals surface area contributed by atoms with E-state index >= 15 is 0 Å². The molecule has 0 saturated heterocycles. The van der Waals surface area contributed by atoms with Crippen molar-refractivity contribution in [2.45, 2.75) is 55.8 Å². The molecule has 1 aliphatic rings. The zero-order chi connectivity index (χ0) is 23.6. The van der Waals surface area contributed by atoms with Crippen LogP contribution < -0.4 is 5.32 Å². The molecule has 0 heterocycles. The molecule has 1 unspecified atom stereocenters. The molecule has 1 aliphatic carbocycles. The van der Waals surface area contributed by atoms with E-state index in [1.807, 2.05) is 0 Å². The first-order chi connectivity index (χ1) is 15.0. The number of sulfone groups is 1. The van der Waals surface area contributed by atoms with Gasteiger partial charge in [0.15, 0.2) is 15.4 Å². The number of carbonyl (C=O) groups is 1. The Hall–Kier alpha value is -2.39. The average molecular weight is 470 g/mol. The third-order valence-electron chi connectivity index (χ3n) is 5.59. The van der Waals surface area contributed by atoms with Crippen LogP contribution in [0.3, 0.4) is 0 Å². The summed E-state index contributed by atoms with van der Waals surface area (Å²) in [5.41, 5.74) is -2.43. The second-order valence-electron chi connectivity index (χ2n) is 8.24. The molecule has 0 spiro atoms. The molecule has 1 atom stereocenters. The topological polar surface area (TPSA) is 83.5 Å². The number of rotatable bonds is 9. The van der Waals surface area contributed by atoms with Crippen LogP contribution in [0.15, 0.2) is 53.4 Å². The summed E-state index contributed by atoms with van der Waals surface area (Å²) < 4.78 is 64.6. The summed E-state index contributed by atoms with van der Waals surface area (Å²) in [4.78, 5) is 12.6. The number of hydrogen-bond donors (Lipinski definition) is 2. The SMILES string of the molecule is CCCC(O)(c1ccc(C(=O)NCc2ccc(S(=O)(=O)CC3CC3)cc2)cc1)C(F)(F)F. The molecular formula is C23H26F3NO4S. The van der Waals surface area contributed by atoms with E-state index < -0.39 is 33.9 Å². The number of hydrogen-bond acceptors (Lipinski definition) is 4. The van der Waals surface area contributed by atoms with Crippen molar-refractivity contribution in [3.8, 4) is 0 Å². The van der Waals surface area contributed by atoms with Gasteiger partial charge in [-0.1, -0.05) is 37.6 Å². The minimum absolute atomic E-state index is 0.131. The summed E-state index contributed by atoms with van der Waals surface area (Å²) in [6, 6.07) is 11.0. The fourth-order valence-electron chi connectivity index (χ4n) is 3.50. The lowest BCUT2D eigenvalue weighted by Gasteiger charge is -2.30. The Morgan fingerprint density at radius 3 is 2.16 bits per heavy atom. The molecule has 1 fully saturated rings. The average Bonchev–Trinajstić information content (AvgIpc) is 3.55.